The highest BCUT2D eigenvalue weighted by Gasteiger charge is 2.20. The summed E-state index contributed by atoms with van der Waals surface area (Å²) in [7, 11) is 0. The van der Waals surface area contributed by atoms with E-state index < -0.39 is 0 Å². The van der Waals surface area contributed by atoms with Gasteiger partial charge in [0.25, 0.3) is 0 Å². The summed E-state index contributed by atoms with van der Waals surface area (Å²) in [6.45, 7) is 5.70. The molecule has 1 heterocycles. The van der Waals surface area contributed by atoms with Crippen LogP contribution in [0.25, 0.3) is 0 Å². The zero-order valence-electron chi connectivity index (χ0n) is 14.1. The van der Waals surface area contributed by atoms with Gasteiger partial charge in [0.15, 0.2) is 5.11 Å². The van der Waals surface area contributed by atoms with E-state index in [4.69, 9.17) is 35.4 Å². The van der Waals surface area contributed by atoms with Crippen molar-refractivity contribution in [2.45, 2.75) is 13.0 Å². The number of nitrogens with one attached hydrogen (secondary N) is 1. The molecule has 1 fully saturated rings. The molecule has 1 unspecified atom stereocenters. The second-order valence-electron chi connectivity index (χ2n) is 6.15. The maximum absolute atomic E-state index is 6.13. The van der Waals surface area contributed by atoms with Crippen LogP contribution in [0.15, 0.2) is 48.5 Å². The van der Waals surface area contributed by atoms with Crippen LogP contribution in [-0.2, 0) is 0 Å². The molecule has 1 saturated heterocycles. The van der Waals surface area contributed by atoms with Gasteiger partial charge < -0.3 is 15.1 Å². The molecule has 0 amide bonds. The number of rotatable bonds is 3. The summed E-state index contributed by atoms with van der Waals surface area (Å²) in [6.07, 6.45) is 0. The Morgan fingerprint density at radius 2 is 1.68 bits per heavy atom. The molecule has 0 aromatic heterocycles. The number of halogens is 2. The highest BCUT2D eigenvalue weighted by atomic mass is 35.5. The van der Waals surface area contributed by atoms with Crippen molar-refractivity contribution < 1.29 is 0 Å². The number of piperazine rings is 1. The van der Waals surface area contributed by atoms with Crippen molar-refractivity contribution in [1.82, 2.24) is 10.2 Å². The van der Waals surface area contributed by atoms with Crippen LogP contribution in [0.3, 0.4) is 0 Å². The molecular weight excluding hydrogens is 373 g/mol. The van der Waals surface area contributed by atoms with E-state index in [2.05, 4.69) is 34.2 Å². The van der Waals surface area contributed by atoms with Crippen LogP contribution in [0.4, 0.5) is 5.69 Å². The number of nitrogens with zero attached hydrogens (tertiary/aromatic N) is 2. The fraction of sp³-hybridized carbons (Fsp3) is 0.316. The molecular formula is C19H21Cl2N3S. The molecule has 2 aromatic rings. The van der Waals surface area contributed by atoms with Crippen LogP contribution in [0, 0.1) is 0 Å². The maximum atomic E-state index is 6.13. The molecule has 1 atom stereocenters. The van der Waals surface area contributed by atoms with Crippen LogP contribution in [-0.4, -0.2) is 36.2 Å². The molecule has 0 aliphatic carbocycles. The van der Waals surface area contributed by atoms with Gasteiger partial charge in [-0.15, -0.1) is 0 Å². The first-order valence-corrected chi connectivity index (χ1v) is 9.51. The van der Waals surface area contributed by atoms with Crippen molar-refractivity contribution in [3.63, 3.8) is 0 Å². The van der Waals surface area contributed by atoms with Gasteiger partial charge in [0.2, 0.25) is 0 Å². The molecule has 0 radical (unpaired) electrons. The van der Waals surface area contributed by atoms with Crippen molar-refractivity contribution in [3.05, 3.63) is 64.1 Å². The smallest absolute Gasteiger partial charge is 0.169 e. The minimum atomic E-state index is 0.196. The van der Waals surface area contributed by atoms with Crippen molar-refractivity contribution >= 4 is 46.2 Å². The Bertz CT molecular complexity index is 731. The number of thiocarbonyl (C=S) groups is 1. The SMILES string of the molecule is CC(NC(=S)N1CCN(c2ccc(Cl)c(Cl)c2)CC1)c1ccccc1. The van der Waals surface area contributed by atoms with E-state index in [-0.39, 0.29) is 6.04 Å². The second-order valence-corrected chi connectivity index (χ2v) is 7.36. The van der Waals surface area contributed by atoms with Gasteiger partial charge in [0.1, 0.15) is 0 Å². The van der Waals surface area contributed by atoms with Gasteiger partial charge in [0, 0.05) is 31.9 Å². The molecule has 0 bridgehead atoms. The van der Waals surface area contributed by atoms with Crippen molar-refractivity contribution in [2.75, 3.05) is 31.1 Å². The van der Waals surface area contributed by atoms with E-state index in [1.54, 1.807) is 0 Å². The summed E-state index contributed by atoms with van der Waals surface area (Å²) in [4.78, 5) is 4.53. The lowest BCUT2D eigenvalue weighted by Gasteiger charge is -2.38. The number of anilines is 1. The highest BCUT2D eigenvalue weighted by Crippen LogP contribution is 2.27. The third-order valence-electron chi connectivity index (χ3n) is 4.47. The first-order valence-electron chi connectivity index (χ1n) is 8.35. The van der Waals surface area contributed by atoms with Crippen molar-refractivity contribution in [2.24, 2.45) is 0 Å². The van der Waals surface area contributed by atoms with E-state index in [9.17, 15) is 0 Å². The number of benzene rings is 2. The summed E-state index contributed by atoms with van der Waals surface area (Å²) in [5, 5.41) is 5.43. The lowest BCUT2D eigenvalue weighted by molar-refractivity contribution is 0.376. The molecule has 1 N–H and O–H groups in total. The first-order chi connectivity index (χ1) is 12.0. The van der Waals surface area contributed by atoms with Gasteiger partial charge in [-0.1, -0.05) is 53.5 Å². The van der Waals surface area contributed by atoms with Crippen molar-refractivity contribution in [3.8, 4) is 0 Å². The summed E-state index contributed by atoms with van der Waals surface area (Å²) >= 11 is 17.7. The zero-order chi connectivity index (χ0) is 17.8. The van der Waals surface area contributed by atoms with E-state index >= 15 is 0 Å². The van der Waals surface area contributed by atoms with Crippen LogP contribution in [0.5, 0.6) is 0 Å². The highest BCUT2D eigenvalue weighted by molar-refractivity contribution is 7.80. The summed E-state index contributed by atoms with van der Waals surface area (Å²) in [5.41, 5.74) is 2.34. The van der Waals surface area contributed by atoms with E-state index in [0.29, 0.717) is 10.0 Å². The lowest BCUT2D eigenvalue weighted by Crippen LogP contribution is -2.52. The van der Waals surface area contributed by atoms with Gasteiger partial charge in [-0.05, 0) is 42.9 Å². The van der Waals surface area contributed by atoms with Crippen LogP contribution in [0.1, 0.15) is 18.5 Å². The predicted octanol–water partition coefficient (Wildman–Crippen LogP) is 4.75. The molecule has 132 valence electrons. The zero-order valence-corrected chi connectivity index (χ0v) is 16.4. The Labute approximate surface area is 164 Å². The van der Waals surface area contributed by atoms with Gasteiger partial charge in [-0.25, -0.2) is 0 Å². The number of hydrogen-bond acceptors (Lipinski definition) is 2. The van der Waals surface area contributed by atoms with Gasteiger partial charge in [-0.3, -0.25) is 0 Å². The van der Waals surface area contributed by atoms with E-state index in [1.807, 2.05) is 36.4 Å². The first kappa shape index (κ1) is 18.3. The average Bonchev–Trinajstić information content (AvgIpc) is 2.65. The van der Waals surface area contributed by atoms with Crippen LogP contribution >= 0.6 is 35.4 Å². The molecule has 3 nitrogen and oxygen atoms in total. The quantitative estimate of drug-likeness (QED) is 0.757. The molecule has 25 heavy (non-hydrogen) atoms. The molecule has 2 aromatic carbocycles. The van der Waals surface area contributed by atoms with E-state index in [1.165, 1.54) is 5.56 Å². The topological polar surface area (TPSA) is 18.5 Å². The fourth-order valence-electron chi connectivity index (χ4n) is 2.95. The Hall–Kier alpha value is -1.49. The monoisotopic (exact) mass is 393 g/mol. The van der Waals surface area contributed by atoms with Crippen LogP contribution < -0.4 is 10.2 Å². The van der Waals surface area contributed by atoms with Crippen LogP contribution in [0.2, 0.25) is 10.0 Å². The Kier molecular flexibility index (Phi) is 6.05. The van der Waals surface area contributed by atoms with Gasteiger partial charge >= 0.3 is 0 Å². The fourth-order valence-corrected chi connectivity index (χ4v) is 3.60. The minimum Gasteiger partial charge on any atom is -0.368 e. The summed E-state index contributed by atoms with van der Waals surface area (Å²) in [6, 6.07) is 16.3. The Morgan fingerprint density at radius 3 is 2.32 bits per heavy atom. The molecule has 1 aliphatic rings. The van der Waals surface area contributed by atoms with Crippen molar-refractivity contribution in [1.29, 1.82) is 0 Å². The predicted molar refractivity (Wildman–Crippen MR) is 111 cm³/mol. The van der Waals surface area contributed by atoms with Gasteiger partial charge in [0.05, 0.1) is 16.1 Å². The maximum Gasteiger partial charge on any atom is 0.169 e. The Balaban J connectivity index is 1.54. The number of hydrogen-bond donors (Lipinski definition) is 1. The van der Waals surface area contributed by atoms with Gasteiger partial charge in [-0.2, -0.15) is 0 Å². The normalized spacial score (nSPS) is 15.8. The standard InChI is InChI=1S/C19H21Cl2N3S/c1-14(15-5-3-2-4-6-15)22-19(25)24-11-9-23(10-12-24)16-7-8-17(20)18(21)13-16/h2-8,13-14H,9-12H2,1H3,(H,22,25). The second kappa shape index (κ2) is 8.26. The average molecular weight is 394 g/mol. The third kappa shape index (κ3) is 4.57. The Morgan fingerprint density at radius 1 is 1.00 bits per heavy atom. The molecule has 6 heteroatoms. The molecule has 1 aliphatic heterocycles. The largest absolute Gasteiger partial charge is 0.368 e. The molecule has 0 saturated carbocycles. The van der Waals surface area contributed by atoms with E-state index in [0.717, 1.165) is 37.0 Å². The minimum absolute atomic E-state index is 0.196. The molecule has 0 spiro atoms. The lowest BCUT2D eigenvalue weighted by atomic mass is 10.1. The summed E-state index contributed by atoms with van der Waals surface area (Å²) in [5.74, 6) is 0. The third-order valence-corrected chi connectivity index (χ3v) is 5.59. The summed E-state index contributed by atoms with van der Waals surface area (Å²) < 4.78 is 0. The molecule has 3 rings (SSSR count).